The number of primary sulfonamides is 1. The van der Waals surface area contributed by atoms with Crippen LogP contribution in [0.2, 0.25) is 0 Å². The van der Waals surface area contributed by atoms with Gasteiger partial charge in [-0.05, 0) is 24.3 Å². The van der Waals surface area contributed by atoms with Crippen LogP contribution in [0.3, 0.4) is 0 Å². The highest BCUT2D eigenvalue weighted by Crippen LogP contribution is 2.60. The van der Waals surface area contributed by atoms with E-state index in [0.29, 0.717) is 0 Å². The number of fused-ring (bicyclic) bond motifs is 1. The van der Waals surface area contributed by atoms with Gasteiger partial charge in [0.25, 0.3) is 0 Å². The van der Waals surface area contributed by atoms with E-state index in [1.807, 2.05) is 0 Å². The first-order valence-electron chi connectivity index (χ1n) is 7.59. The van der Waals surface area contributed by atoms with Gasteiger partial charge in [0, 0.05) is 22.8 Å². The first kappa shape index (κ1) is 20.3. The summed E-state index contributed by atoms with van der Waals surface area (Å²) in [6, 6.07) is 3.22. The van der Waals surface area contributed by atoms with Crippen LogP contribution >= 0.6 is 9.24 Å². The van der Waals surface area contributed by atoms with Gasteiger partial charge in [-0.25, -0.2) is 26.7 Å². The van der Waals surface area contributed by atoms with Gasteiger partial charge < -0.3 is 4.74 Å². The lowest BCUT2D eigenvalue weighted by Crippen LogP contribution is -2.22. The number of nitrogens with two attached hydrogens (primary N) is 1. The second kappa shape index (κ2) is 6.85. The number of ether oxygens (including phenoxy) is 1. The van der Waals surface area contributed by atoms with Gasteiger partial charge in [-0.2, -0.15) is 4.91 Å². The van der Waals surface area contributed by atoms with Gasteiger partial charge in [-0.3, -0.25) is 0 Å². The van der Waals surface area contributed by atoms with Crippen LogP contribution in [0.1, 0.15) is 28.9 Å². The second-order valence-corrected chi connectivity index (χ2v) is 8.47. The van der Waals surface area contributed by atoms with Crippen molar-refractivity contribution in [1.29, 1.82) is 0 Å². The molecule has 146 valence electrons. The third-order valence-electron chi connectivity index (χ3n) is 4.22. The van der Waals surface area contributed by atoms with E-state index in [0.717, 1.165) is 24.3 Å². The molecule has 0 aliphatic heterocycles. The van der Waals surface area contributed by atoms with Crippen LogP contribution in [0.25, 0.3) is 0 Å². The lowest BCUT2D eigenvalue weighted by Gasteiger charge is -2.19. The molecule has 0 saturated carbocycles. The highest BCUT2D eigenvalue weighted by atomic mass is 32.2. The Balaban J connectivity index is 2.24. The Morgan fingerprint density at radius 1 is 1.29 bits per heavy atom. The van der Waals surface area contributed by atoms with Gasteiger partial charge in [0.05, 0.1) is 4.90 Å². The van der Waals surface area contributed by atoms with Crippen molar-refractivity contribution in [2.75, 3.05) is 0 Å². The zero-order valence-corrected chi connectivity index (χ0v) is 15.9. The van der Waals surface area contributed by atoms with Crippen molar-refractivity contribution in [3.63, 3.8) is 0 Å². The van der Waals surface area contributed by atoms with Crippen molar-refractivity contribution >= 4 is 19.3 Å². The Bertz CT molecular complexity index is 1130. The van der Waals surface area contributed by atoms with E-state index in [1.165, 1.54) is 15.3 Å². The van der Waals surface area contributed by atoms with Crippen molar-refractivity contribution < 1.29 is 26.3 Å². The molecular formula is C17H12F3N2O4PS. The number of nitroso groups, excluding NO2 is 1. The fourth-order valence-electron chi connectivity index (χ4n) is 3.02. The molecule has 0 amide bonds. The summed E-state index contributed by atoms with van der Waals surface area (Å²) in [6.45, 7) is 0. The standard InChI is InChI=1S/C17H12F3N2O4PS/c1-2-8-5-9(18)7-10(6-8)26-11-3-4-12(28(21,24)25)14-13(11)15(19)17(20,27)16(14)22-23/h1,3-7,15-16H,27H2,(H2,21,24,25)/t15-,16?,17?/m1/s1. The summed E-state index contributed by atoms with van der Waals surface area (Å²) in [4.78, 5) is 10.5. The summed E-state index contributed by atoms with van der Waals surface area (Å²) >= 11 is 0. The monoisotopic (exact) mass is 428 g/mol. The van der Waals surface area contributed by atoms with Crippen molar-refractivity contribution in [3.8, 4) is 23.8 Å². The minimum Gasteiger partial charge on any atom is -0.457 e. The summed E-state index contributed by atoms with van der Waals surface area (Å²) in [5.74, 6) is 0.994. The maximum atomic E-state index is 14.9. The minimum absolute atomic E-state index is 0.128. The maximum Gasteiger partial charge on any atom is 0.238 e. The third-order valence-corrected chi connectivity index (χ3v) is 5.80. The van der Waals surface area contributed by atoms with Crippen molar-refractivity contribution in [3.05, 3.63) is 57.7 Å². The third kappa shape index (κ3) is 3.26. The predicted molar refractivity (Wildman–Crippen MR) is 98.2 cm³/mol. The van der Waals surface area contributed by atoms with Gasteiger partial charge >= 0.3 is 0 Å². The molecule has 0 aromatic heterocycles. The molecule has 2 aromatic carbocycles. The fourth-order valence-corrected chi connectivity index (χ4v) is 4.20. The van der Waals surface area contributed by atoms with E-state index >= 15 is 0 Å². The lowest BCUT2D eigenvalue weighted by molar-refractivity contribution is 0.129. The molecule has 3 unspecified atom stereocenters. The molecule has 0 radical (unpaired) electrons. The molecule has 0 spiro atoms. The Labute approximate surface area is 160 Å². The van der Waals surface area contributed by atoms with E-state index in [1.54, 1.807) is 0 Å². The SMILES string of the molecule is C#Cc1cc(F)cc(Oc2ccc(S(N)(=O)=O)c3c2[C@@H](F)C(F)(P)C3N=O)c1. The lowest BCUT2D eigenvalue weighted by atomic mass is 10.1. The van der Waals surface area contributed by atoms with Gasteiger partial charge in [0.2, 0.25) is 10.0 Å². The van der Waals surface area contributed by atoms with Gasteiger partial charge in [0.1, 0.15) is 17.3 Å². The molecular weight excluding hydrogens is 416 g/mol. The van der Waals surface area contributed by atoms with E-state index in [9.17, 15) is 26.5 Å². The molecule has 0 saturated heterocycles. The first-order valence-corrected chi connectivity index (χ1v) is 9.72. The largest absolute Gasteiger partial charge is 0.457 e. The van der Waals surface area contributed by atoms with Crippen LogP contribution < -0.4 is 9.88 Å². The zero-order valence-electron chi connectivity index (χ0n) is 13.9. The summed E-state index contributed by atoms with van der Waals surface area (Å²) in [7, 11) is -2.91. The molecule has 3 rings (SSSR count). The molecule has 2 aromatic rings. The second-order valence-electron chi connectivity index (χ2n) is 6.05. The van der Waals surface area contributed by atoms with Gasteiger partial charge in [0.15, 0.2) is 17.6 Å². The number of hydrogen-bond donors (Lipinski definition) is 1. The van der Waals surface area contributed by atoms with Crippen LogP contribution in [0.5, 0.6) is 11.5 Å². The molecule has 6 nitrogen and oxygen atoms in total. The number of rotatable bonds is 4. The van der Waals surface area contributed by atoms with E-state index in [4.69, 9.17) is 16.3 Å². The molecule has 28 heavy (non-hydrogen) atoms. The number of terminal acetylenes is 1. The molecule has 1 aliphatic carbocycles. The molecule has 2 N–H and O–H groups in total. The quantitative estimate of drug-likeness (QED) is 0.457. The number of alkyl halides is 2. The highest BCUT2D eigenvalue weighted by Gasteiger charge is 2.56. The molecule has 1 aliphatic rings. The van der Waals surface area contributed by atoms with E-state index < -0.39 is 49.5 Å². The summed E-state index contributed by atoms with van der Waals surface area (Å²) in [5, 5.41) is 4.73. The van der Waals surface area contributed by atoms with Gasteiger partial charge in [-0.1, -0.05) is 20.3 Å². The predicted octanol–water partition coefficient (Wildman–Crippen LogP) is 3.62. The van der Waals surface area contributed by atoms with Crippen molar-refractivity contribution in [1.82, 2.24) is 0 Å². The molecule has 11 heteroatoms. The topological polar surface area (TPSA) is 98.8 Å². The van der Waals surface area contributed by atoms with E-state index in [-0.39, 0.29) is 17.1 Å². The molecule has 4 atom stereocenters. The maximum absolute atomic E-state index is 14.9. The molecule has 0 bridgehead atoms. The van der Waals surface area contributed by atoms with Crippen LogP contribution in [0, 0.1) is 23.1 Å². The zero-order chi connectivity index (χ0) is 20.9. The van der Waals surface area contributed by atoms with E-state index in [2.05, 4.69) is 11.1 Å². The minimum atomic E-state index is -4.44. The first-order chi connectivity index (χ1) is 13.0. The number of nitrogens with zero attached hydrogens (tertiary/aromatic N) is 1. The Hall–Kier alpha value is -2.47. The number of benzene rings is 2. The highest BCUT2D eigenvalue weighted by molar-refractivity contribution is 7.89. The van der Waals surface area contributed by atoms with Crippen molar-refractivity contribution in [2.45, 2.75) is 22.5 Å². The number of sulfonamides is 1. The Morgan fingerprint density at radius 2 is 1.96 bits per heavy atom. The summed E-state index contributed by atoms with van der Waals surface area (Å²) in [6.07, 6.45) is 2.74. The number of hydrogen-bond acceptors (Lipinski definition) is 5. The smallest absolute Gasteiger partial charge is 0.238 e. The average Bonchev–Trinajstić information content (AvgIpc) is 2.80. The molecule has 0 heterocycles. The van der Waals surface area contributed by atoms with Crippen molar-refractivity contribution in [2.24, 2.45) is 10.3 Å². The number of halogens is 3. The Morgan fingerprint density at radius 3 is 2.54 bits per heavy atom. The van der Waals surface area contributed by atoms with Crippen LogP contribution in [-0.4, -0.2) is 13.8 Å². The Kier molecular flexibility index (Phi) is 4.96. The average molecular weight is 428 g/mol. The normalized spacial score (nSPS) is 23.7. The molecule has 0 fully saturated rings. The fraction of sp³-hybridized carbons (Fsp3) is 0.176. The van der Waals surface area contributed by atoms with Crippen LogP contribution in [0.15, 0.2) is 40.4 Å². The van der Waals surface area contributed by atoms with Crippen LogP contribution in [0.4, 0.5) is 13.2 Å². The van der Waals surface area contributed by atoms with Gasteiger partial charge in [-0.15, -0.1) is 6.42 Å². The summed E-state index contributed by atoms with van der Waals surface area (Å²) in [5.41, 5.74) is -0.975. The van der Waals surface area contributed by atoms with Crippen LogP contribution in [-0.2, 0) is 10.0 Å². The summed E-state index contributed by atoms with van der Waals surface area (Å²) < 4.78 is 72.5.